The average molecular weight is 281 g/mol. The number of benzene rings is 2. The van der Waals surface area contributed by atoms with Gasteiger partial charge in [-0.1, -0.05) is 23.8 Å². The quantitative estimate of drug-likeness (QED) is 0.745. The predicted octanol–water partition coefficient (Wildman–Crippen LogP) is 2.23. The number of tetrazole rings is 1. The van der Waals surface area contributed by atoms with Gasteiger partial charge in [0.2, 0.25) is 0 Å². The molecule has 1 heterocycles. The second kappa shape index (κ2) is 5.24. The summed E-state index contributed by atoms with van der Waals surface area (Å²) in [7, 11) is 1.61. The number of ether oxygens (including phenoxy) is 1. The zero-order valence-corrected chi connectivity index (χ0v) is 11.8. The molecule has 0 saturated carbocycles. The zero-order chi connectivity index (χ0) is 14.8. The van der Waals surface area contributed by atoms with Crippen LogP contribution in [0.3, 0.4) is 0 Å². The van der Waals surface area contributed by atoms with Crippen LogP contribution in [0.25, 0.3) is 17.1 Å². The van der Waals surface area contributed by atoms with E-state index in [1.54, 1.807) is 11.8 Å². The molecule has 106 valence electrons. The molecule has 21 heavy (non-hydrogen) atoms. The summed E-state index contributed by atoms with van der Waals surface area (Å²) in [5.74, 6) is 1.28. The summed E-state index contributed by atoms with van der Waals surface area (Å²) in [6.45, 7) is 2.00. The molecule has 3 rings (SSSR count). The van der Waals surface area contributed by atoms with Crippen LogP contribution in [0.1, 0.15) is 5.56 Å². The zero-order valence-electron chi connectivity index (χ0n) is 11.8. The van der Waals surface area contributed by atoms with E-state index in [0.717, 1.165) is 16.8 Å². The van der Waals surface area contributed by atoms with Gasteiger partial charge < -0.3 is 10.5 Å². The topological polar surface area (TPSA) is 78.8 Å². The Balaban J connectivity index is 2.20. The first-order chi connectivity index (χ1) is 10.2. The molecule has 0 fully saturated rings. The van der Waals surface area contributed by atoms with Gasteiger partial charge in [-0.25, -0.2) is 0 Å². The van der Waals surface area contributed by atoms with Crippen LogP contribution < -0.4 is 10.5 Å². The lowest BCUT2D eigenvalue weighted by Crippen LogP contribution is -2.03. The van der Waals surface area contributed by atoms with Gasteiger partial charge in [0.25, 0.3) is 0 Å². The highest BCUT2D eigenvalue weighted by Crippen LogP contribution is 2.29. The van der Waals surface area contributed by atoms with Gasteiger partial charge in [-0.2, -0.15) is 4.68 Å². The number of para-hydroxylation sites is 2. The Morgan fingerprint density at radius 3 is 2.76 bits per heavy atom. The number of rotatable bonds is 3. The van der Waals surface area contributed by atoms with Gasteiger partial charge in [-0.15, -0.1) is 5.10 Å². The van der Waals surface area contributed by atoms with Crippen molar-refractivity contribution >= 4 is 5.69 Å². The van der Waals surface area contributed by atoms with Crippen molar-refractivity contribution in [3.8, 4) is 22.8 Å². The lowest BCUT2D eigenvalue weighted by Gasteiger charge is -2.10. The Hall–Kier alpha value is -2.89. The molecule has 2 N–H and O–H groups in total. The van der Waals surface area contributed by atoms with Crippen LogP contribution in [0, 0.1) is 6.92 Å². The molecule has 6 nitrogen and oxygen atoms in total. The third-order valence-electron chi connectivity index (χ3n) is 3.23. The van der Waals surface area contributed by atoms with Gasteiger partial charge in [-0.05, 0) is 41.6 Å². The van der Waals surface area contributed by atoms with Gasteiger partial charge in [0.1, 0.15) is 11.4 Å². The fourth-order valence-corrected chi connectivity index (χ4v) is 2.19. The molecule has 0 radical (unpaired) electrons. The Kier molecular flexibility index (Phi) is 3.27. The molecule has 0 atom stereocenters. The minimum absolute atomic E-state index is 0.584. The maximum absolute atomic E-state index is 6.06. The van der Waals surface area contributed by atoms with Gasteiger partial charge in [-0.3, -0.25) is 0 Å². The standard InChI is InChI=1S/C15H15N5O/c1-10-7-8-12(16)11(9-10)15-17-18-19-20(15)13-5-3-4-6-14(13)21-2/h3-9H,16H2,1-2H3. The number of nitrogens with two attached hydrogens (primary N) is 1. The van der Waals surface area contributed by atoms with E-state index < -0.39 is 0 Å². The summed E-state index contributed by atoms with van der Waals surface area (Å²) in [5.41, 5.74) is 9.34. The number of aromatic nitrogens is 4. The summed E-state index contributed by atoms with van der Waals surface area (Å²) >= 11 is 0. The second-order valence-corrected chi connectivity index (χ2v) is 4.68. The number of hydrogen-bond donors (Lipinski definition) is 1. The lowest BCUT2D eigenvalue weighted by atomic mass is 10.1. The molecule has 0 amide bonds. The lowest BCUT2D eigenvalue weighted by molar-refractivity contribution is 0.411. The summed E-state index contributed by atoms with van der Waals surface area (Å²) in [6.07, 6.45) is 0. The molecule has 0 aliphatic heterocycles. The van der Waals surface area contributed by atoms with Crippen LogP contribution in [0.2, 0.25) is 0 Å². The highest BCUT2D eigenvalue weighted by Gasteiger charge is 2.16. The van der Waals surface area contributed by atoms with Crippen LogP contribution in [-0.4, -0.2) is 27.3 Å². The highest BCUT2D eigenvalue weighted by molar-refractivity contribution is 5.73. The molecule has 0 unspecified atom stereocenters. The van der Waals surface area contributed by atoms with Crippen molar-refractivity contribution in [3.63, 3.8) is 0 Å². The minimum Gasteiger partial charge on any atom is -0.494 e. The Morgan fingerprint density at radius 1 is 1.14 bits per heavy atom. The smallest absolute Gasteiger partial charge is 0.189 e. The summed E-state index contributed by atoms with van der Waals surface area (Å²) in [4.78, 5) is 0. The summed E-state index contributed by atoms with van der Waals surface area (Å²) in [5, 5.41) is 11.9. The summed E-state index contributed by atoms with van der Waals surface area (Å²) in [6, 6.07) is 13.3. The molecule has 3 aromatic rings. The Labute approximate surface area is 122 Å². The van der Waals surface area contributed by atoms with E-state index in [1.807, 2.05) is 49.4 Å². The molecular weight excluding hydrogens is 266 g/mol. The summed E-state index contributed by atoms with van der Waals surface area (Å²) < 4.78 is 7.00. The van der Waals surface area contributed by atoms with E-state index in [1.165, 1.54) is 0 Å². The first-order valence-corrected chi connectivity index (χ1v) is 6.49. The Bertz CT molecular complexity index is 781. The van der Waals surface area contributed by atoms with E-state index >= 15 is 0 Å². The largest absolute Gasteiger partial charge is 0.494 e. The van der Waals surface area contributed by atoms with Crippen molar-refractivity contribution in [2.45, 2.75) is 6.92 Å². The van der Waals surface area contributed by atoms with E-state index in [0.29, 0.717) is 17.3 Å². The molecule has 2 aromatic carbocycles. The first-order valence-electron chi connectivity index (χ1n) is 6.49. The molecule has 0 aliphatic rings. The Morgan fingerprint density at radius 2 is 1.95 bits per heavy atom. The molecule has 1 aromatic heterocycles. The normalized spacial score (nSPS) is 10.6. The van der Waals surface area contributed by atoms with Crippen LogP contribution >= 0.6 is 0 Å². The van der Waals surface area contributed by atoms with Crippen LogP contribution in [-0.2, 0) is 0 Å². The van der Waals surface area contributed by atoms with Crippen molar-refractivity contribution in [1.82, 2.24) is 20.2 Å². The first kappa shape index (κ1) is 13.1. The van der Waals surface area contributed by atoms with Crippen molar-refractivity contribution in [2.75, 3.05) is 12.8 Å². The van der Waals surface area contributed by atoms with Gasteiger partial charge >= 0.3 is 0 Å². The second-order valence-electron chi connectivity index (χ2n) is 4.68. The van der Waals surface area contributed by atoms with E-state index in [-0.39, 0.29) is 0 Å². The molecular formula is C15H15N5O. The fraction of sp³-hybridized carbons (Fsp3) is 0.133. The van der Waals surface area contributed by atoms with E-state index in [2.05, 4.69) is 15.5 Å². The molecule has 0 aliphatic carbocycles. The average Bonchev–Trinajstić information content (AvgIpc) is 2.98. The number of methoxy groups -OCH3 is 1. The van der Waals surface area contributed by atoms with Crippen LogP contribution in [0.4, 0.5) is 5.69 Å². The van der Waals surface area contributed by atoms with Crippen molar-refractivity contribution in [2.24, 2.45) is 0 Å². The minimum atomic E-state index is 0.584. The molecule has 0 bridgehead atoms. The molecule has 0 saturated heterocycles. The number of nitrogens with zero attached hydrogens (tertiary/aromatic N) is 4. The van der Waals surface area contributed by atoms with Gasteiger partial charge in [0, 0.05) is 11.3 Å². The van der Waals surface area contributed by atoms with E-state index in [9.17, 15) is 0 Å². The number of nitrogen functional groups attached to an aromatic ring is 1. The van der Waals surface area contributed by atoms with Crippen molar-refractivity contribution in [1.29, 1.82) is 0 Å². The van der Waals surface area contributed by atoms with Gasteiger partial charge in [0.15, 0.2) is 5.82 Å². The maximum Gasteiger partial charge on any atom is 0.189 e. The van der Waals surface area contributed by atoms with E-state index in [4.69, 9.17) is 10.5 Å². The van der Waals surface area contributed by atoms with Crippen molar-refractivity contribution in [3.05, 3.63) is 48.0 Å². The highest BCUT2D eigenvalue weighted by atomic mass is 16.5. The van der Waals surface area contributed by atoms with Crippen LogP contribution in [0.15, 0.2) is 42.5 Å². The van der Waals surface area contributed by atoms with Crippen molar-refractivity contribution < 1.29 is 4.74 Å². The monoisotopic (exact) mass is 281 g/mol. The molecule has 0 spiro atoms. The molecule has 6 heteroatoms. The number of hydrogen-bond acceptors (Lipinski definition) is 5. The number of anilines is 1. The number of aryl methyl sites for hydroxylation is 1. The SMILES string of the molecule is COc1ccccc1-n1nnnc1-c1cc(C)ccc1N. The van der Waals surface area contributed by atoms with Gasteiger partial charge in [0.05, 0.1) is 7.11 Å². The fourth-order valence-electron chi connectivity index (χ4n) is 2.19. The van der Waals surface area contributed by atoms with Crippen LogP contribution in [0.5, 0.6) is 5.75 Å². The third kappa shape index (κ3) is 2.31. The predicted molar refractivity (Wildman–Crippen MR) is 80.3 cm³/mol. The third-order valence-corrected chi connectivity index (χ3v) is 3.23. The maximum atomic E-state index is 6.06.